The summed E-state index contributed by atoms with van der Waals surface area (Å²) in [5.74, 6) is 1.30. The van der Waals surface area contributed by atoms with E-state index in [2.05, 4.69) is 20.9 Å². The molecule has 0 spiro atoms. The van der Waals surface area contributed by atoms with Crippen LogP contribution in [0.5, 0.6) is 0 Å². The standard InChI is InChI=1S/C15H13BrClFN2O/c1-9(17)15-19-13-7-11(16)12(18)8-14(13)20(15)5-4-10-3-2-6-21-10/h2-3,6-9H,4-5H2,1H3. The van der Waals surface area contributed by atoms with E-state index in [0.717, 1.165) is 22.6 Å². The molecule has 3 aromatic rings. The minimum atomic E-state index is -0.310. The van der Waals surface area contributed by atoms with Crippen LogP contribution in [-0.2, 0) is 13.0 Å². The summed E-state index contributed by atoms with van der Waals surface area (Å²) < 4.78 is 21.5. The molecule has 0 aliphatic heterocycles. The maximum Gasteiger partial charge on any atom is 0.139 e. The van der Waals surface area contributed by atoms with Gasteiger partial charge in [-0.15, -0.1) is 11.6 Å². The molecule has 0 radical (unpaired) electrons. The van der Waals surface area contributed by atoms with Crippen LogP contribution in [0.1, 0.15) is 23.9 Å². The molecule has 3 nitrogen and oxygen atoms in total. The highest BCUT2D eigenvalue weighted by Crippen LogP contribution is 2.28. The molecule has 1 atom stereocenters. The number of aromatic nitrogens is 2. The number of halogens is 3. The van der Waals surface area contributed by atoms with E-state index in [0.29, 0.717) is 17.4 Å². The lowest BCUT2D eigenvalue weighted by molar-refractivity contribution is 0.490. The van der Waals surface area contributed by atoms with E-state index < -0.39 is 0 Å². The summed E-state index contributed by atoms with van der Waals surface area (Å²) in [4.78, 5) is 4.52. The predicted molar refractivity (Wildman–Crippen MR) is 84.1 cm³/mol. The van der Waals surface area contributed by atoms with E-state index in [1.807, 2.05) is 23.6 Å². The van der Waals surface area contributed by atoms with Crippen molar-refractivity contribution >= 4 is 38.6 Å². The third-order valence-electron chi connectivity index (χ3n) is 3.34. The first kappa shape index (κ1) is 14.6. The van der Waals surface area contributed by atoms with Crippen LogP contribution in [0.25, 0.3) is 11.0 Å². The Bertz CT molecular complexity index is 768. The quantitative estimate of drug-likeness (QED) is 0.599. The summed E-state index contributed by atoms with van der Waals surface area (Å²) in [5, 5.41) is -0.254. The fraction of sp³-hybridized carbons (Fsp3) is 0.267. The summed E-state index contributed by atoms with van der Waals surface area (Å²) in [5.41, 5.74) is 1.47. The second kappa shape index (κ2) is 5.81. The van der Waals surface area contributed by atoms with Crippen molar-refractivity contribution in [1.82, 2.24) is 9.55 Å². The third-order valence-corrected chi connectivity index (χ3v) is 4.14. The average molecular weight is 372 g/mol. The van der Waals surface area contributed by atoms with Gasteiger partial charge < -0.3 is 8.98 Å². The van der Waals surface area contributed by atoms with Gasteiger partial charge in [-0.1, -0.05) is 0 Å². The molecule has 0 saturated heterocycles. The molecule has 2 aromatic heterocycles. The second-order valence-electron chi connectivity index (χ2n) is 4.82. The van der Waals surface area contributed by atoms with E-state index >= 15 is 0 Å². The lowest BCUT2D eigenvalue weighted by atomic mass is 10.3. The first-order valence-corrected chi connectivity index (χ1v) is 7.81. The van der Waals surface area contributed by atoms with Crippen LogP contribution in [0.2, 0.25) is 0 Å². The van der Waals surface area contributed by atoms with Gasteiger partial charge in [0, 0.05) is 19.0 Å². The van der Waals surface area contributed by atoms with E-state index in [1.54, 1.807) is 12.3 Å². The third kappa shape index (κ3) is 2.85. The number of hydrogen-bond donors (Lipinski definition) is 0. The maximum absolute atomic E-state index is 13.8. The molecular formula is C15H13BrClFN2O. The molecule has 110 valence electrons. The van der Waals surface area contributed by atoms with Crippen molar-refractivity contribution in [2.24, 2.45) is 0 Å². The van der Waals surface area contributed by atoms with Crippen LogP contribution in [0.4, 0.5) is 4.39 Å². The van der Waals surface area contributed by atoms with Crippen LogP contribution in [0.15, 0.2) is 39.4 Å². The number of aryl methyl sites for hydroxylation is 2. The number of furan rings is 1. The zero-order valence-electron chi connectivity index (χ0n) is 11.3. The maximum atomic E-state index is 13.8. The molecule has 0 amide bonds. The summed E-state index contributed by atoms with van der Waals surface area (Å²) in [6, 6.07) is 6.93. The fourth-order valence-electron chi connectivity index (χ4n) is 2.35. The Kier molecular flexibility index (Phi) is 4.04. The zero-order valence-corrected chi connectivity index (χ0v) is 13.7. The molecule has 0 aliphatic carbocycles. The lowest BCUT2D eigenvalue weighted by Gasteiger charge is -2.09. The van der Waals surface area contributed by atoms with Crippen molar-refractivity contribution in [2.75, 3.05) is 0 Å². The molecule has 2 heterocycles. The topological polar surface area (TPSA) is 31.0 Å². The van der Waals surface area contributed by atoms with Gasteiger partial charge in [0.25, 0.3) is 0 Å². The normalized spacial score (nSPS) is 13.0. The average Bonchev–Trinajstić information content (AvgIpc) is 3.05. The number of nitrogens with zero attached hydrogens (tertiary/aromatic N) is 2. The number of hydrogen-bond acceptors (Lipinski definition) is 2. The smallest absolute Gasteiger partial charge is 0.139 e. The van der Waals surface area contributed by atoms with Crippen molar-refractivity contribution in [2.45, 2.75) is 25.3 Å². The number of alkyl halides is 1. The summed E-state index contributed by atoms with van der Waals surface area (Å²) in [7, 11) is 0. The van der Waals surface area contributed by atoms with Gasteiger partial charge in [0.2, 0.25) is 0 Å². The summed E-state index contributed by atoms with van der Waals surface area (Å²) in [6.45, 7) is 2.50. The Balaban J connectivity index is 2.04. The Morgan fingerprint density at radius 3 is 2.95 bits per heavy atom. The predicted octanol–water partition coefficient (Wildman–Crippen LogP) is 5.07. The highest BCUT2D eigenvalue weighted by atomic mass is 79.9. The Morgan fingerprint density at radius 1 is 1.48 bits per heavy atom. The Morgan fingerprint density at radius 2 is 2.29 bits per heavy atom. The second-order valence-corrected chi connectivity index (χ2v) is 6.33. The van der Waals surface area contributed by atoms with Gasteiger partial charge in [-0.3, -0.25) is 0 Å². The van der Waals surface area contributed by atoms with E-state index in [1.165, 1.54) is 6.07 Å². The molecule has 0 N–H and O–H groups in total. The molecule has 0 aliphatic rings. The van der Waals surface area contributed by atoms with Gasteiger partial charge in [0.15, 0.2) is 0 Å². The SMILES string of the molecule is CC(Cl)c1nc2cc(Br)c(F)cc2n1CCc1ccco1. The van der Waals surface area contributed by atoms with Crippen LogP contribution in [-0.4, -0.2) is 9.55 Å². The molecule has 0 fully saturated rings. The van der Waals surface area contributed by atoms with E-state index in [4.69, 9.17) is 16.0 Å². The van der Waals surface area contributed by atoms with Gasteiger partial charge in [-0.2, -0.15) is 0 Å². The minimum Gasteiger partial charge on any atom is -0.469 e. The van der Waals surface area contributed by atoms with Crippen molar-refractivity contribution in [3.05, 3.63) is 52.4 Å². The monoisotopic (exact) mass is 370 g/mol. The van der Waals surface area contributed by atoms with E-state index in [9.17, 15) is 4.39 Å². The number of benzene rings is 1. The first-order valence-electron chi connectivity index (χ1n) is 6.58. The zero-order chi connectivity index (χ0) is 15.0. The molecule has 1 unspecified atom stereocenters. The highest BCUT2D eigenvalue weighted by molar-refractivity contribution is 9.10. The van der Waals surface area contributed by atoms with Crippen molar-refractivity contribution in [3.63, 3.8) is 0 Å². The Hall–Kier alpha value is -1.33. The van der Waals surface area contributed by atoms with Crippen LogP contribution < -0.4 is 0 Å². The van der Waals surface area contributed by atoms with Crippen molar-refractivity contribution < 1.29 is 8.81 Å². The summed E-state index contributed by atoms with van der Waals surface area (Å²) in [6.07, 6.45) is 2.34. The molecular weight excluding hydrogens is 359 g/mol. The molecule has 0 bridgehead atoms. The first-order chi connectivity index (χ1) is 10.1. The number of imidazole rings is 1. The van der Waals surface area contributed by atoms with Crippen LogP contribution >= 0.6 is 27.5 Å². The summed E-state index contributed by atoms with van der Waals surface area (Å²) >= 11 is 9.39. The number of fused-ring (bicyclic) bond motifs is 1. The molecule has 3 rings (SSSR count). The molecule has 21 heavy (non-hydrogen) atoms. The fourth-order valence-corrected chi connectivity index (χ4v) is 2.85. The van der Waals surface area contributed by atoms with Gasteiger partial charge >= 0.3 is 0 Å². The van der Waals surface area contributed by atoms with Crippen molar-refractivity contribution in [1.29, 1.82) is 0 Å². The van der Waals surface area contributed by atoms with E-state index in [-0.39, 0.29) is 11.2 Å². The molecule has 6 heteroatoms. The number of rotatable bonds is 4. The van der Waals surface area contributed by atoms with Gasteiger partial charge in [0.05, 0.1) is 27.1 Å². The molecule has 1 aromatic carbocycles. The van der Waals surface area contributed by atoms with Gasteiger partial charge in [-0.25, -0.2) is 9.37 Å². The highest BCUT2D eigenvalue weighted by Gasteiger charge is 2.17. The molecule has 0 saturated carbocycles. The van der Waals surface area contributed by atoms with Crippen molar-refractivity contribution in [3.8, 4) is 0 Å². The Labute approximate surface area is 134 Å². The van der Waals surface area contributed by atoms with Gasteiger partial charge in [-0.05, 0) is 41.1 Å². The van der Waals surface area contributed by atoms with Crippen LogP contribution in [0.3, 0.4) is 0 Å². The minimum absolute atomic E-state index is 0.254. The van der Waals surface area contributed by atoms with Gasteiger partial charge in [0.1, 0.15) is 17.4 Å². The van der Waals surface area contributed by atoms with Crippen LogP contribution in [0, 0.1) is 5.82 Å². The largest absolute Gasteiger partial charge is 0.469 e. The lowest BCUT2D eigenvalue weighted by Crippen LogP contribution is -2.06.